The highest BCUT2D eigenvalue weighted by atomic mass is 16.1. The monoisotopic (exact) mass is 239 g/mol. The Morgan fingerprint density at radius 1 is 1.29 bits per heavy atom. The predicted molar refractivity (Wildman–Crippen MR) is 68.4 cm³/mol. The van der Waals surface area contributed by atoms with E-state index in [0.717, 1.165) is 6.54 Å². The Bertz CT molecular complexity index is 419. The fraction of sp³-hybridized carbons (Fsp3) is 0.727. The molecule has 1 aromatic heterocycles. The lowest BCUT2D eigenvalue weighted by Crippen LogP contribution is -2.29. The average molecular weight is 239 g/mol. The standard InChI is InChI=1S/C11H21N5O/c1-11(2,3)8-9(17)13-10(15-14-8)12-6-7-16(4)5/h6-7H2,1-5H3,(H2,12,13,15,17). The van der Waals surface area contributed by atoms with Crippen molar-refractivity contribution in [1.29, 1.82) is 0 Å². The molecule has 0 aliphatic heterocycles. The fourth-order valence-electron chi connectivity index (χ4n) is 1.31. The van der Waals surface area contributed by atoms with Gasteiger partial charge in [-0.25, -0.2) is 0 Å². The normalized spacial score (nSPS) is 11.9. The van der Waals surface area contributed by atoms with Crippen LogP contribution in [0.4, 0.5) is 5.95 Å². The van der Waals surface area contributed by atoms with Gasteiger partial charge >= 0.3 is 0 Å². The number of nitrogens with one attached hydrogen (secondary N) is 2. The molecule has 17 heavy (non-hydrogen) atoms. The van der Waals surface area contributed by atoms with Gasteiger partial charge in [0.1, 0.15) is 5.69 Å². The zero-order chi connectivity index (χ0) is 13.1. The second-order valence-corrected chi connectivity index (χ2v) is 5.33. The van der Waals surface area contributed by atoms with E-state index in [4.69, 9.17) is 0 Å². The largest absolute Gasteiger partial charge is 0.353 e. The molecule has 1 rings (SSSR count). The lowest BCUT2D eigenvalue weighted by Gasteiger charge is -2.16. The van der Waals surface area contributed by atoms with E-state index in [1.54, 1.807) is 0 Å². The van der Waals surface area contributed by atoms with Gasteiger partial charge in [0.2, 0.25) is 5.95 Å². The summed E-state index contributed by atoms with van der Waals surface area (Å²) in [4.78, 5) is 16.5. The van der Waals surface area contributed by atoms with Gasteiger partial charge < -0.3 is 10.2 Å². The van der Waals surface area contributed by atoms with Crippen LogP contribution in [0.3, 0.4) is 0 Å². The molecular formula is C11H21N5O. The van der Waals surface area contributed by atoms with E-state index in [-0.39, 0.29) is 11.0 Å². The predicted octanol–water partition coefficient (Wildman–Crippen LogP) is 0.436. The minimum absolute atomic E-state index is 0.181. The molecule has 0 amide bonds. The molecule has 0 radical (unpaired) electrons. The van der Waals surface area contributed by atoms with E-state index in [1.807, 2.05) is 39.8 Å². The van der Waals surface area contributed by atoms with Crippen molar-refractivity contribution in [3.8, 4) is 0 Å². The maximum Gasteiger partial charge on any atom is 0.274 e. The maximum absolute atomic E-state index is 11.8. The summed E-state index contributed by atoms with van der Waals surface area (Å²) in [5.41, 5.74) is -0.0153. The molecule has 2 N–H and O–H groups in total. The minimum atomic E-state index is -0.289. The average Bonchev–Trinajstić information content (AvgIpc) is 2.14. The van der Waals surface area contributed by atoms with Gasteiger partial charge in [-0.15, -0.1) is 10.2 Å². The van der Waals surface area contributed by atoms with Gasteiger partial charge in [0.05, 0.1) is 0 Å². The second-order valence-electron chi connectivity index (χ2n) is 5.33. The van der Waals surface area contributed by atoms with Gasteiger partial charge in [-0.05, 0) is 14.1 Å². The number of anilines is 1. The molecule has 0 saturated heterocycles. The smallest absolute Gasteiger partial charge is 0.274 e. The van der Waals surface area contributed by atoms with Crippen LogP contribution in [0.25, 0.3) is 0 Å². The number of aromatic amines is 1. The summed E-state index contributed by atoms with van der Waals surface area (Å²) < 4.78 is 0. The van der Waals surface area contributed by atoms with Gasteiger partial charge in [0.25, 0.3) is 5.56 Å². The fourth-order valence-corrected chi connectivity index (χ4v) is 1.31. The Morgan fingerprint density at radius 3 is 2.41 bits per heavy atom. The zero-order valence-electron chi connectivity index (χ0n) is 11.2. The SMILES string of the molecule is CN(C)CCNc1nnc(C(C)(C)C)c(=O)[nH]1. The summed E-state index contributed by atoms with van der Waals surface area (Å²) in [6.45, 7) is 7.39. The van der Waals surface area contributed by atoms with Gasteiger partial charge in [-0.1, -0.05) is 20.8 Å². The Kier molecular flexibility index (Phi) is 4.22. The van der Waals surface area contributed by atoms with Crippen LogP contribution in [0.2, 0.25) is 0 Å². The summed E-state index contributed by atoms with van der Waals surface area (Å²) in [7, 11) is 3.97. The first-order valence-electron chi connectivity index (χ1n) is 5.67. The Labute approximate surface area is 101 Å². The molecule has 0 unspecified atom stereocenters. The van der Waals surface area contributed by atoms with Crippen molar-refractivity contribution in [2.45, 2.75) is 26.2 Å². The summed E-state index contributed by atoms with van der Waals surface area (Å²) in [5, 5.41) is 11.0. The van der Waals surface area contributed by atoms with Gasteiger partial charge in [0.15, 0.2) is 0 Å². The highest BCUT2D eigenvalue weighted by molar-refractivity contribution is 5.22. The summed E-state index contributed by atoms with van der Waals surface area (Å²) >= 11 is 0. The van der Waals surface area contributed by atoms with Crippen molar-refractivity contribution < 1.29 is 0 Å². The van der Waals surface area contributed by atoms with Crippen LogP contribution in [-0.2, 0) is 5.41 Å². The number of rotatable bonds is 4. The second kappa shape index (κ2) is 5.27. The van der Waals surface area contributed by atoms with Gasteiger partial charge in [-0.3, -0.25) is 9.78 Å². The summed E-state index contributed by atoms with van der Waals surface area (Å²) in [6, 6.07) is 0. The quantitative estimate of drug-likeness (QED) is 0.797. The van der Waals surface area contributed by atoms with Crippen molar-refractivity contribution >= 4 is 5.95 Å². The van der Waals surface area contributed by atoms with E-state index in [2.05, 4.69) is 20.5 Å². The molecule has 0 aromatic carbocycles. The number of hydrogen-bond donors (Lipinski definition) is 2. The molecule has 0 atom stereocenters. The first-order chi connectivity index (χ1) is 7.80. The van der Waals surface area contributed by atoms with Crippen LogP contribution in [-0.4, -0.2) is 47.3 Å². The van der Waals surface area contributed by atoms with Crippen molar-refractivity contribution in [1.82, 2.24) is 20.1 Å². The van der Waals surface area contributed by atoms with Crippen molar-refractivity contribution in [3.05, 3.63) is 16.0 Å². The molecule has 0 fully saturated rings. The van der Waals surface area contributed by atoms with Crippen LogP contribution >= 0.6 is 0 Å². The summed E-state index contributed by atoms with van der Waals surface area (Å²) in [5.74, 6) is 0.421. The summed E-state index contributed by atoms with van der Waals surface area (Å²) in [6.07, 6.45) is 0. The number of nitrogens with zero attached hydrogens (tertiary/aromatic N) is 3. The van der Waals surface area contributed by atoms with Crippen LogP contribution in [0.1, 0.15) is 26.5 Å². The molecule has 6 heteroatoms. The number of likely N-dealkylation sites (N-methyl/N-ethyl adjacent to an activating group) is 1. The Balaban J connectivity index is 2.73. The molecule has 0 bridgehead atoms. The van der Waals surface area contributed by atoms with E-state index in [1.165, 1.54) is 0 Å². The van der Waals surface area contributed by atoms with Crippen LogP contribution in [0.5, 0.6) is 0 Å². The Morgan fingerprint density at radius 2 is 1.94 bits per heavy atom. The number of aromatic nitrogens is 3. The third-order valence-electron chi connectivity index (χ3n) is 2.26. The van der Waals surface area contributed by atoms with Crippen molar-refractivity contribution in [2.24, 2.45) is 0 Å². The van der Waals surface area contributed by atoms with Crippen LogP contribution < -0.4 is 10.9 Å². The number of H-pyrrole nitrogens is 1. The molecule has 6 nitrogen and oxygen atoms in total. The lowest BCUT2D eigenvalue weighted by molar-refractivity contribution is 0.424. The minimum Gasteiger partial charge on any atom is -0.353 e. The van der Waals surface area contributed by atoms with E-state index in [9.17, 15) is 4.79 Å². The van der Waals surface area contributed by atoms with Crippen LogP contribution in [0.15, 0.2) is 4.79 Å². The molecule has 1 heterocycles. The van der Waals surface area contributed by atoms with Crippen molar-refractivity contribution in [2.75, 3.05) is 32.5 Å². The first-order valence-corrected chi connectivity index (χ1v) is 5.67. The highest BCUT2D eigenvalue weighted by Gasteiger charge is 2.20. The Hall–Kier alpha value is -1.43. The van der Waals surface area contributed by atoms with E-state index in [0.29, 0.717) is 18.2 Å². The molecule has 0 spiro atoms. The third-order valence-corrected chi connectivity index (χ3v) is 2.26. The topological polar surface area (TPSA) is 73.9 Å². The molecule has 96 valence electrons. The molecule has 0 aliphatic carbocycles. The molecular weight excluding hydrogens is 218 g/mol. The molecule has 0 aliphatic rings. The van der Waals surface area contributed by atoms with E-state index < -0.39 is 0 Å². The molecule has 1 aromatic rings. The number of hydrogen-bond acceptors (Lipinski definition) is 5. The third kappa shape index (κ3) is 4.14. The van der Waals surface area contributed by atoms with Gasteiger partial charge in [-0.2, -0.15) is 0 Å². The van der Waals surface area contributed by atoms with Crippen molar-refractivity contribution in [3.63, 3.8) is 0 Å². The highest BCUT2D eigenvalue weighted by Crippen LogP contribution is 2.15. The first kappa shape index (κ1) is 13.6. The zero-order valence-corrected chi connectivity index (χ0v) is 11.2. The van der Waals surface area contributed by atoms with E-state index >= 15 is 0 Å². The van der Waals surface area contributed by atoms with Crippen LogP contribution in [0, 0.1) is 0 Å². The maximum atomic E-state index is 11.8. The lowest BCUT2D eigenvalue weighted by atomic mass is 9.93. The van der Waals surface area contributed by atoms with Gasteiger partial charge in [0, 0.05) is 18.5 Å². The molecule has 0 saturated carbocycles.